The molecule has 11 heterocycles. The number of benzene rings is 4. The van der Waals surface area contributed by atoms with Gasteiger partial charge in [0.05, 0.1) is 127 Å². The summed E-state index contributed by atoms with van der Waals surface area (Å²) in [6, 6.07) is 21.6. The van der Waals surface area contributed by atoms with Crippen LogP contribution in [0.25, 0.3) is 45.6 Å². The number of halogens is 8. The minimum Gasteiger partial charge on any atom is -0.870 e. The number of aromatic nitrogens is 11. The van der Waals surface area contributed by atoms with Crippen LogP contribution in [0.4, 0.5) is 52.1 Å². The van der Waals surface area contributed by atoms with Crippen LogP contribution in [0.15, 0.2) is 128 Å². The summed E-state index contributed by atoms with van der Waals surface area (Å²) in [6.45, 7) is 6.50. The number of rotatable bonds is 14. The number of hydrogen-bond acceptors (Lipinski definition) is 23. The first-order chi connectivity index (χ1) is 48.8. The van der Waals surface area contributed by atoms with Crippen LogP contribution in [0.1, 0.15) is 88.7 Å². The fraction of sp³-hybridized carbons (Fsp3) is 0.159. The largest absolute Gasteiger partial charge is 1.00 e. The van der Waals surface area contributed by atoms with E-state index in [0.717, 1.165) is 28.1 Å². The second-order valence-corrected chi connectivity index (χ2v) is 23.8. The Labute approximate surface area is 624 Å². The summed E-state index contributed by atoms with van der Waals surface area (Å²) in [5.74, 6) is -2.16. The number of amides is 1. The Bertz CT molecular complexity index is 4920. The number of nitrogens with zero attached hydrogens (tertiary/aromatic N) is 11. The van der Waals surface area contributed by atoms with Crippen molar-refractivity contribution in [1.82, 2.24) is 54.8 Å². The Morgan fingerprint density at radius 2 is 0.777 bits per heavy atom. The van der Waals surface area contributed by atoms with Gasteiger partial charge >= 0.3 is 41.5 Å². The van der Waals surface area contributed by atoms with E-state index in [9.17, 15) is 37.1 Å². The number of aromatic carboxylic acids is 1. The minimum absolute atomic E-state index is 0. The predicted molar refractivity (Wildman–Crippen MR) is 364 cm³/mol. The van der Waals surface area contributed by atoms with Crippen LogP contribution in [0, 0.1) is 30.2 Å². The predicted octanol–water partition coefficient (Wildman–Crippen LogP) is 11.4. The van der Waals surface area contributed by atoms with Crippen LogP contribution in [-0.4, -0.2) is 89.9 Å². The summed E-state index contributed by atoms with van der Waals surface area (Å²) in [4.78, 5) is 82.2. The average Bonchev–Trinajstić information content (AvgIpc) is 1.77. The molecule has 25 nitrogen and oxygen atoms in total. The third-order valence-electron chi connectivity index (χ3n) is 15.4. The molecule has 0 bridgehead atoms. The number of pyridine rings is 3. The van der Waals surface area contributed by atoms with Crippen molar-refractivity contribution in [1.29, 1.82) is 0 Å². The zero-order valence-electron chi connectivity index (χ0n) is 54.2. The number of carbonyl (C=O) groups is 3. The molecule has 0 fully saturated rings. The Morgan fingerprint density at radius 3 is 1.13 bits per heavy atom. The third kappa shape index (κ3) is 17.6. The van der Waals surface area contributed by atoms with E-state index >= 15 is 0 Å². The molecule has 34 heteroatoms. The van der Waals surface area contributed by atoms with E-state index in [1.807, 2.05) is 6.92 Å². The van der Waals surface area contributed by atoms with Gasteiger partial charge in [-0.25, -0.2) is 67.0 Å². The Hall–Kier alpha value is -9.86. The summed E-state index contributed by atoms with van der Waals surface area (Å²) in [5, 5.41) is 20.1. The fourth-order valence-corrected chi connectivity index (χ4v) is 11.2. The van der Waals surface area contributed by atoms with Gasteiger partial charge in [-0.3, -0.25) is 19.7 Å². The van der Waals surface area contributed by atoms with Crippen LogP contribution >= 0.6 is 46.4 Å². The van der Waals surface area contributed by atoms with Gasteiger partial charge in [-0.1, -0.05) is 46.4 Å². The molecule has 520 valence electrons. The number of ether oxygens (including phenoxy) is 5. The third-order valence-corrected chi connectivity index (χ3v) is 16.3. The first-order valence-electron chi connectivity index (χ1n) is 30.3. The zero-order valence-corrected chi connectivity index (χ0v) is 59.2. The number of primary amides is 1. The molecule has 7 N–H and O–H groups in total. The number of carboxylic acid groups (broad SMARTS) is 1. The monoisotopic (exact) mass is 1490 g/mol. The number of esters is 1. The topological polar surface area (TPSA) is 351 Å². The average molecular weight is 1490 g/mol. The maximum atomic E-state index is 14.4. The van der Waals surface area contributed by atoms with Gasteiger partial charge in [0.15, 0.2) is 23.3 Å². The van der Waals surface area contributed by atoms with Crippen molar-refractivity contribution < 1.29 is 95.8 Å². The van der Waals surface area contributed by atoms with Gasteiger partial charge in [0.25, 0.3) is 5.91 Å². The molecule has 0 saturated carbocycles. The van der Waals surface area contributed by atoms with Crippen molar-refractivity contribution in [2.24, 2.45) is 5.73 Å². The van der Waals surface area contributed by atoms with E-state index in [4.69, 9.17) is 75.8 Å². The van der Waals surface area contributed by atoms with Crippen LogP contribution in [0.5, 0.6) is 0 Å². The summed E-state index contributed by atoms with van der Waals surface area (Å²) in [7, 11) is 0. The van der Waals surface area contributed by atoms with Crippen LogP contribution < -0.4 is 51.2 Å². The summed E-state index contributed by atoms with van der Waals surface area (Å²) in [5.41, 5.74) is 14.6. The molecular weight excluding hydrogens is 1440 g/mol. The van der Waals surface area contributed by atoms with Crippen LogP contribution in [0.3, 0.4) is 0 Å². The Balaban J connectivity index is 0.000000148. The van der Waals surface area contributed by atoms with Crippen LogP contribution in [-0.2, 0) is 76.5 Å². The van der Waals surface area contributed by atoms with E-state index in [-0.39, 0.29) is 125 Å². The Morgan fingerprint density at radius 1 is 0.466 bits per heavy atom. The van der Waals surface area contributed by atoms with Crippen molar-refractivity contribution >= 4 is 98.8 Å². The molecule has 4 aliphatic rings. The first-order valence-corrected chi connectivity index (χ1v) is 31.8. The standard InChI is InChI=1S/C20H16ClFN4O3.C18H13ClFN5O2.C18H12ClFN4O3.C13H10ClFN2O.Na.H2O/c1-2-29-20(27)13-8-23-6-5-16(13)24-19-14-9-28-10-17(14)25-18(26-19)12-7-11(21)3-4-15(12)22;19-9-1-2-13(20)10(5-9)17-24-15-8-27-7-12(15)18(25-17)23-14-3-4-22-6-11(14)16(21)26;19-9-1-2-13(20)10(5-9)16-23-15-8-27-7-12(15)17(24-16)22-14-3-4-21-6-11(14)18(25)26;1-7-10-5-18-6-12(10)17-13(16-7)9-4-8(14)2-3-11(9)15;;/h3-8H,2,9-10H2,1H3,(H,23,24,25,26);1-6H,7-8H2,(H2,21,26)(H,22,23,24,25);1-6H,7-8H2,(H,25,26)(H,21,22,23,24);2-4H,5-6H2,1H3;;1H2/q;;;;+1;/p-1. The van der Waals surface area contributed by atoms with Crippen molar-refractivity contribution in [3.05, 3.63) is 239 Å². The van der Waals surface area contributed by atoms with E-state index in [1.165, 1.54) is 110 Å². The molecule has 15 rings (SSSR count). The molecule has 0 unspecified atom stereocenters. The maximum absolute atomic E-state index is 14.4. The Kier molecular flexibility index (Phi) is 25.0. The van der Waals surface area contributed by atoms with Gasteiger partial charge in [0, 0.05) is 85.2 Å². The van der Waals surface area contributed by atoms with Crippen molar-refractivity contribution in [3.8, 4) is 45.6 Å². The van der Waals surface area contributed by atoms with Crippen molar-refractivity contribution in [2.75, 3.05) is 22.6 Å². The quantitative estimate of drug-likeness (QED) is 0.0383. The molecule has 0 atom stereocenters. The number of fused-ring (bicyclic) bond motifs is 4. The smallest absolute Gasteiger partial charge is 0.870 e. The number of aryl methyl sites for hydroxylation is 1. The van der Waals surface area contributed by atoms with Gasteiger partial charge in [0.1, 0.15) is 51.8 Å². The first kappa shape index (κ1) is 75.8. The van der Waals surface area contributed by atoms with Gasteiger partial charge in [0.2, 0.25) is 0 Å². The van der Waals surface area contributed by atoms with E-state index in [1.54, 1.807) is 25.3 Å². The molecule has 0 saturated heterocycles. The second kappa shape index (κ2) is 34.0. The number of carboxylic acids is 1. The number of hydrogen-bond donors (Lipinski definition) is 5. The molecular formula is C69H52Cl4F4N15NaO10. The van der Waals surface area contributed by atoms with Crippen molar-refractivity contribution in [2.45, 2.75) is 66.7 Å². The molecule has 4 aromatic carbocycles. The number of nitrogens with one attached hydrogen (secondary N) is 3. The summed E-state index contributed by atoms with van der Waals surface area (Å²) < 4.78 is 83.4. The minimum atomic E-state index is -1.13. The van der Waals surface area contributed by atoms with Crippen LogP contribution in [0.2, 0.25) is 20.1 Å². The summed E-state index contributed by atoms with van der Waals surface area (Å²) in [6.07, 6.45) is 8.53. The van der Waals surface area contributed by atoms with E-state index < -0.39 is 35.3 Å². The van der Waals surface area contributed by atoms with Gasteiger partial charge in [-0.15, -0.1) is 0 Å². The molecule has 1 amide bonds. The molecule has 11 aromatic rings. The van der Waals surface area contributed by atoms with E-state index in [0.29, 0.717) is 115 Å². The maximum Gasteiger partial charge on any atom is 1.00 e. The molecule has 103 heavy (non-hydrogen) atoms. The SMILES string of the molecule is CCOC(=O)c1cnccc1Nc1nc(-c2cc(Cl)ccc2F)nc2c1COC2.Cc1nc(-c2cc(Cl)ccc2F)nc2c1COC2.NC(=O)c1cnccc1Nc1nc(-c2cc(Cl)ccc2F)nc2c1COC2.O=C(O)c1cnccc1Nc1nc(-c2cc(Cl)ccc2F)nc2c1COC2.[Na+].[OH-]. The van der Waals surface area contributed by atoms with Crippen molar-refractivity contribution in [3.63, 3.8) is 0 Å². The second-order valence-electron chi connectivity index (χ2n) is 22.0. The zero-order chi connectivity index (χ0) is 71.0. The number of nitrogens with two attached hydrogens (primary N) is 1. The molecule has 0 aliphatic carbocycles. The number of carbonyl (C=O) groups excluding carboxylic acids is 2. The molecule has 0 radical (unpaired) electrons. The summed E-state index contributed by atoms with van der Waals surface area (Å²) >= 11 is 23.9. The normalized spacial score (nSPS) is 12.6. The fourth-order valence-electron chi connectivity index (χ4n) is 10.5. The number of anilines is 6. The van der Waals surface area contributed by atoms with Gasteiger partial charge < -0.3 is 56.0 Å². The van der Waals surface area contributed by atoms with Gasteiger partial charge in [-0.05, 0) is 105 Å². The molecule has 0 spiro atoms. The molecule has 7 aromatic heterocycles. The van der Waals surface area contributed by atoms with E-state index in [2.05, 4.69) is 70.8 Å². The van der Waals surface area contributed by atoms with Gasteiger partial charge in [-0.2, -0.15) is 0 Å². The molecule has 4 aliphatic heterocycles.